The van der Waals surface area contributed by atoms with E-state index < -0.39 is 12.3 Å². The lowest BCUT2D eigenvalue weighted by molar-refractivity contribution is -0.253. The number of carboxylic acids is 1. The summed E-state index contributed by atoms with van der Waals surface area (Å²) in [4.78, 5) is 25.5. The maximum atomic E-state index is 12.3. The molecule has 0 bridgehead atoms. The number of carbonyl (C=O) groups is 2. The maximum Gasteiger partial charge on any atom is 0.303 e. The summed E-state index contributed by atoms with van der Waals surface area (Å²) in [5, 5.41) is 21.2. The number of benzene rings is 3. The molecular weight excluding hydrogens is 552 g/mol. The first kappa shape index (κ1) is 30.5. The van der Waals surface area contributed by atoms with Crippen LogP contribution in [0.15, 0.2) is 60.7 Å². The van der Waals surface area contributed by atoms with Gasteiger partial charge in [-0.1, -0.05) is 36.4 Å². The van der Waals surface area contributed by atoms with Gasteiger partial charge in [-0.3, -0.25) is 14.5 Å². The average molecular weight is 591 g/mol. The fraction of sp³-hybridized carbons (Fsp3) is 0.394. The molecule has 0 aliphatic carbocycles. The Morgan fingerprint density at radius 2 is 1.70 bits per heavy atom. The van der Waals surface area contributed by atoms with Gasteiger partial charge in [0.15, 0.2) is 17.8 Å². The Bertz CT molecular complexity index is 1430. The summed E-state index contributed by atoms with van der Waals surface area (Å²) in [7, 11) is 3.29. The van der Waals surface area contributed by atoms with Crippen LogP contribution in [0.4, 0.5) is 5.69 Å². The molecule has 10 nitrogen and oxygen atoms in total. The number of aliphatic hydroxyl groups is 1. The van der Waals surface area contributed by atoms with Crippen LogP contribution in [0.5, 0.6) is 11.5 Å². The summed E-state index contributed by atoms with van der Waals surface area (Å²) in [6, 6.07) is 19.1. The third kappa shape index (κ3) is 7.71. The first-order valence-electron chi connectivity index (χ1n) is 14.4. The van der Waals surface area contributed by atoms with E-state index in [9.17, 15) is 14.7 Å². The minimum absolute atomic E-state index is 0.0295. The van der Waals surface area contributed by atoms with Crippen LogP contribution in [0.2, 0.25) is 0 Å². The zero-order valence-electron chi connectivity index (χ0n) is 24.5. The zero-order chi connectivity index (χ0) is 30.3. The molecule has 1 fully saturated rings. The molecule has 2 aliphatic rings. The standard InChI is InChI=1S/C33H38N2O8/c1-40-29-15-23-12-13-35(18-25(23)16-30(29)41-2)19-27-17-28(22-8-6-21(20-36)7-9-22)43-33(42-27)24-4-3-5-26(14-24)34-31(37)10-11-32(38)39/h3-9,14-16,27-28,33,36H,10-13,17-20H2,1-2H3,(H,34,37)(H,38,39)/t27-,28+,33+/m1/s1. The first-order chi connectivity index (χ1) is 20.8. The van der Waals surface area contributed by atoms with Gasteiger partial charge in [-0.15, -0.1) is 0 Å². The van der Waals surface area contributed by atoms with Gasteiger partial charge in [-0.2, -0.15) is 0 Å². The van der Waals surface area contributed by atoms with Gasteiger partial charge in [0.25, 0.3) is 0 Å². The molecule has 3 atom stereocenters. The molecule has 0 aromatic heterocycles. The summed E-state index contributed by atoms with van der Waals surface area (Å²) in [6.07, 6.45) is 0.123. The second kappa shape index (κ2) is 14.0. The number of rotatable bonds is 11. The van der Waals surface area contributed by atoms with Gasteiger partial charge in [0.2, 0.25) is 5.91 Å². The zero-order valence-corrected chi connectivity index (χ0v) is 24.5. The number of aliphatic carboxylic acids is 1. The SMILES string of the molecule is COc1cc2c(cc1OC)CN(C[C@H]1C[C@@H](c3ccc(CO)cc3)O[C@@H](c3cccc(NC(=O)CCC(=O)O)c3)O1)CC2. The highest BCUT2D eigenvalue weighted by atomic mass is 16.7. The third-order valence-electron chi connectivity index (χ3n) is 7.88. The molecule has 1 amide bonds. The van der Waals surface area contributed by atoms with Crippen molar-refractivity contribution in [2.75, 3.05) is 32.6 Å². The smallest absolute Gasteiger partial charge is 0.303 e. The van der Waals surface area contributed by atoms with Gasteiger partial charge in [0.1, 0.15) is 0 Å². The van der Waals surface area contributed by atoms with Gasteiger partial charge < -0.3 is 34.5 Å². The number of nitrogens with one attached hydrogen (secondary N) is 1. The monoisotopic (exact) mass is 590 g/mol. The predicted molar refractivity (Wildman–Crippen MR) is 159 cm³/mol. The van der Waals surface area contributed by atoms with E-state index in [1.54, 1.807) is 26.4 Å². The summed E-state index contributed by atoms with van der Waals surface area (Å²) in [6.45, 7) is 2.30. The Kier molecular flexibility index (Phi) is 9.93. The molecule has 10 heteroatoms. The Hall–Kier alpha value is -3.96. The molecule has 1 saturated heterocycles. The van der Waals surface area contributed by atoms with Crippen molar-refractivity contribution < 1.29 is 38.7 Å². The van der Waals surface area contributed by atoms with E-state index in [1.807, 2.05) is 36.4 Å². The van der Waals surface area contributed by atoms with Crippen LogP contribution in [0, 0.1) is 0 Å². The lowest BCUT2D eigenvalue weighted by Crippen LogP contribution is -2.41. The van der Waals surface area contributed by atoms with Crippen molar-refractivity contribution in [3.63, 3.8) is 0 Å². The number of carboxylic acid groups (broad SMARTS) is 1. The van der Waals surface area contributed by atoms with Crippen LogP contribution in [-0.4, -0.2) is 60.4 Å². The quantitative estimate of drug-likeness (QED) is 0.294. The second-order valence-corrected chi connectivity index (χ2v) is 10.9. The predicted octanol–water partition coefficient (Wildman–Crippen LogP) is 4.60. The van der Waals surface area contributed by atoms with E-state index >= 15 is 0 Å². The molecule has 3 aromatic carbocycles. The van der Waals surface area contributed by atoms with Crippen LogP contribution in [-0.2, 0) is 38.6 Å². The molecule has 2 heterocycles. The van der Waals surface area contributed by atoms with Crippen LogP contribution in [0.25, 0.3) is 0 Å². The van der Waals surface area contributed by atoms with Crippen LogP contribution in [0.1, 0.15) is 59.5 Å². The van der Waals surface area contributed by atoms with E-state index in [2.05, 4.69) is 22.3 Å². The highest BCUT2D eigenvalue weighted by Gasteiger charge is 2.34. The number of fused-ring (bicyclic) bond motifs is 1. The molecule has 0 unspecified atom stereocenters. The molecular formula is C33H38N2O8. The molecule has 0 spiro atoms. The number of aliphatic hydroxyl groups excluding tert-OH is 1. The summed E-state index contributed by atoms with van der Waals surface area (Å²) in [5.41, 5.74) is 5.57. The van der Waals surface area contributed by atoms with E-state index in [4.69, 9.17) is 24.1 Å². The van der Waals surface area contributed by atoms with Crippen molar-refractivity contribution in [3.05, 3.63) is 88.5 Å². The lowest BCUT2D eigenvalue weighted by atomic mass is 9.97. The van der Waals surface area contributed by atoms with Crippen molar-refractivity contribution in [3.8, 4) is 11.5 Å². The fourth-order valence-electron chi connectivity index (χ4n) is 5.63. The van der Waals surface area contributed by atoms with Crippen molar-refractivity contribution in [1.29, 1.82) is 0 Å². The van der Waals surface area contributed by atoms with Crippen molar-refractivity contribution in [1.82, 2.24) is 4.90 Å². The van der Waals surface area contributed by atoms with Crippen LogP contribution in [0.3, 0.4) is 0 Å². The number of amides is 1. The molecule has 0 radical (unpaired) electrons. The van der Waals surface area contributed by atoms with E-state index in [0.29, 0.717) is 24.4 Å². The number of hydrogen-bond acceptors (Lipinski definition) is 8. The van der Waals surface area contributed by atoms with Gasteiger partial charge >= 0.3 is 5.97 Å². The topological polar surface area (TPSA) is 127 Å². The molecule has 228 valence electrons. The lowest BCUT2D eigenvalue weighted by Gasteiger charge is -2.39. The number of carbonyl (C=O) groups excluding carboxylic acids is 1. The summed E-state index contributed by atoms with van der Waals surface area (Å²) in [5.74, 6) is 0.0601. The number of methoxy groups -OCH3 is 2. The molecule has 5 rings (SSSR count). The number of hydrogen-bond donors (Lipinski definition) is 3. The minimum Gasteiger partial charge on any atom is -0.493 e. The fourth-order valence-corrected chi connectivity index (χ4v) is 5.63. The summed E-state index contributed by atoms with van der Waals surface area (Å²) >= 11 is 0. The Morgan fingerprint density at radius 3 is 2.40 bits per heavy atom. The largest absolute Gasteiger partial charge is 0.493 e. The minimum atomic E-state index is -1.02. The van der Waals surface area contributed by atoms with Gasteiger partial charge in [-0.25, -0.2) is 0 Å². The van der Waals surface area contributed by atoms with Gasteiger partial charge in [-0.05, 0) is 52.9 Å². The first-order valence-corrected chi connectivity index (χ1v) is 14.4. The van der Waals surface area contributed by atoms with Crippen molar-refractivity contribution >= 4 is 17.6 Å². The molecule has 0 saturated carbocycles. The summed E-state index contributed by atoms with van der Waals surface area (Å²) < 4.78 is 24.0. The Morgan fingerprint density at radius 1 is 0.953 bits per heavy atom. The third-order valence-corrected chi connectivity index (χ3v) is 7.88. The Labute approximate surface area is 251 Å². The van der Waals surface area contributed by atoms with Crippen molar-refractivity contribution in [2.45, 2.75) is 57.3 Å². The number of ether oxygens (including phenoxy) is 4. The van der Waals surface area contributed by atoms with E-state index in [1.165, 1.54) is 11.1 Å². The average Bonchev–Trinajstić information content (AvgIpc) is 3.03. The number of nitrogens with zero attached hydrogens (tertiary/aromatic N) is 1. The molecule has 43 heavy (non-hydrogen) atoms. The molecule has 2 aliphatic heterocycles. The number of anilines is 1. The maximum absolute atomic E-state index is 12.3. The normalized spacial score (nSPS) is 20.2. The van der Waals surface area contributed by atoms with E-state index in [0.717, 1.165) is 42.0 Å². The van der Waals surface area contributed by atoms with E-state index in [-0.39, 0.29) is 37.6 Å². The highest BCUT2D eigenvalue weighted by Crippen LogP contribution is 2.39. The molecule has 3 aromatic rings. The van der Waals surface area contributed by atoms with Gasteiger partial charge in [0.05, 0.1) is 39.5 Å². The molecule has 3 N–H and O–H groups in total. The van der Waals surface area contributed by atoms with Gasteiger partial charge in [0, 0.05) is 43.7 Å². The van der Waals surface area contributed by atoms with Crippen LogP contribution >= 0.6 is 0 Å². The second-order valence-electron chi connectivity index (χ2n) is 10.9. The van der Waals surface area contributed by atoms with Crippen molar-refractivity contribution in [2.24, 2.45) is 0 Å². The highest BCUT2D eigenvalue weighted by molar-refractivity contribution is 5.92. The van der Waals surface area contributed by atoms with Crippen LogP contribution < -0.4 is 14.8 Å². The Balaban J connectivity index is 1.34.